The van der Waals surface area contributed by atoms with Gasteiger partial charge in [-0.25, -0.2) is 0 Å². The molecule has 1 aliphatic carbocycles. The predicted molar refractivity (Wildman–Crippen MR) is 58.3 cm³/mol. The van der Waals surface area contributed by atoms with Gasteiger partial charge >= 0.3 is 6.18 Å². The van der Waals surface area contributed by atoms with Crippen molar-refractivity contribution in [2.75, 3.05) is 26.7 Å². The van der Waals surface area contributed by atoms with Gasteiger partial charge in [-0.3, -0.25) is 0 Å². The highest BCUT2D eigenvalue weighted by Gasteiger charge is 2.41. The fourth-order valence-electron chi connectivity index (χ4n) is 2.21. The molecule has 0 amide bonds. The van der Waals surface area contributed by atoms with Gasteiger partial charge in [-0.15, -0.1) is 0 Å². The van der Waals surface area contributed by atoms with Crippen LogP contribution in [-0.4, -0.2) is 32.9 Å². The van der Waals surface area contributed by atoms with Crippen LogP contribution in [0.5, 0.6) is 0 Å². The second-order valence-electron chi connectivity index (χ2n) is 4.57. The molecule has 16 heavy (non-hydrogen) atoms. The van der Waals surface area contributed by atoms with E-state index in [9.17, 15) is 13.2 Å². The van der Waals surface area contributed by atoms with Crippen LogP contribution in [0.25, 0.3) is 0 Å². The maximum Gasteiger partial charge on any atom is 0.391 e. The largest absolute Gasteiger partial charge is 0.391 e. The zero-order valence-corrected chi connectivity index (χ0v) is 9.74. The predicted octanol–water partition coefficient (Wildman–Crippen LogP) is 2.16. The van der Waals surface area contributed by atoms with Gasteiger partial charge in [0.1, 0.15) is 0 Å². The van der Waals surface area contributed by atoms with Gasteiger partial charge in [0.2, 0.25) is 0 Å². The van der Waals surface area contributed by atoms with E-state index in [4.69, 9.17) is 0 Å². The second-order valence-corrected chi connectivity index (χ2v) is 4.57. The van der Waals surface area contributed by atoms with Crippen molar-refractivity contribution in [2.24, 2.45) is 11.8 Å². The van der Waals surface area contributed by atoms with E-state index in [2.05, 4.69) is 10.6 Å². The molecule has 1 saturated carbocycles. The summed E-state index contributed by atoms with van der Waals surface area (Å²) < 4.78 is 37.2. The number of rotatable bonds is 5. The Balaban J connectivity index is 2.12. The van der Waals surface area contributed by atoms with Crippen molar-refractivity contribution in [1.82, 2.24) is 10.6 Å². The molecule has 0 saturated heterocycles. The lowest BCUT2D eigenvalue weighted by Crippen LogP contribution is -2.33. The standard InChI is InChI=1S/C11H21F3N2/c1-15-6-7-16-8-9-2-4-10(5-3-9)11(12,13)14/h9-10,15-16H,2-8H2,1H3. The third kappa shape index (κ3) is 4.70. The van der Waals surface area contributed by atoms with Crippen molar-refractivity contribution in [2.45, 2.75) is 31.9 Å². The number of hydrogen-bond acceptors (Lipinski definition) is 2. The molecule has 96 valence electrons. The van der Waals surface area contributed by atoms with Crippen LogP contribution in [0.3, 0.4) is 0 Å². The zero-order valence-electron chi connectivity index (χ0n) is 9.74. The van der Waals surface area contributed by atoms with Crippen LogP contribution in [-0.2, 0) is 0 Å². The molecular formula is C11H21F3N2. The molecule has 0 bridgehead atoms. The van der Waals surface area contributed by atoms with Gasteiger partial charge in [-0.1, -0.05) is 0 Å². The minimum Gasteiger partial charge on any atom is -0.318 e. The highest BCUT2D eigenvalue weighted by molar-refractivity contribution is 4.78. The van der Waals surface area contributed by atoms with Crippen molar-refractivity contribution < 1.29 is 13.2 Å². The van der Waals surface area contributed by atoms with Crippen molar-refractivity contribution in [3.63, 3.8) is 0 Å². The van der Waals surface area contributed by atoms with E-state index in [-0.39, 0.29) is 0 Å². The molecule has 2 N–H and O–H groups in total. The molecule has 1 aliphatic rings. The Labute approximate surface area is 95.0 Å². The molecular weight excluding hydrogens is 217 g/mol. The summed E-state index contributed by atoms with van der Waals surface area (Å²) in [7, 11) is 1.89. The maximum atomic E-state index is 12.4. The number of nitrogens with one attached hydrogen (secondary N) is 2. The lowest BCUT2D eigenvalue weighted by molar-refractivity contribution is -0.183. The van der Waals surface area contributed by atoms with Crippen LogP contribution in [0.4, 0.5) is 13.2 Å². The van der Waals surface area contributed by atoms with E-state index in [1.807, 2.05) is 7.05 Å². The van der Waals surface area contributed by atoms with Crippen LogP contribution in [0, 0.1) is 11.8 Å². The first-order valence-corrected chi connectivity index (χ1v) is 5.96. The number of likely N-dealkylation sites (N-methyl/N-ethyl adjacent to an activating group) is 1. The van der Waals surface area contributed by atoms with E-state index in [1.54, 1.807) is 0 Å². The van der Waals surface area contributed by atoms with Crippen LogP contribution in [0.15, 0.2) is 0 Å². The second kappa shape index (κ2) is 6.45. The van der Waals surface area contributed by atoms with Gasteiger partial charge < -0.3 is 10.6 Å². The first-order valence-electron chi connectivity index (χ1n) is 5.96. The number of hydrogen-bond donors (Lipinski definition) is 2. The molecule has 1 rings (SSSR count). The summed E-state index contributed by atoms with van der Waals surface area (Å²) in [6, 6.07) is 0. The van der Waals surface area contributed by atoms with Crippen LogP contribution in [0.2, 0.25) is 0 Å². The highest BCUT2D eigenvalue weighted by atomic mass is 19.4. The van der Waals surface area contributed by atoms with E-state index in [1.165, 1.54) is 0 Å². The molecule has 1 fully saturated rings. The summed E-state index contributed by atoms with van der Waals surface area (Å²) in [6.45, 7) is 2.64. The summed E-state index contributed by atoms with van der Waals surface area (Å²) in [6.07, 6.45) is -1.96. The van der Waals surface area contributed by atoms with Gasteiger partial charge in [-0.2, -0.15) is 13.2 Å². The topological polar surface area (TPSA) is 24.1 Å². The SMILES string of the molecule is CNCCNCC1CCC(C(F)(F)F)CC1. The van der Waals surface area contributed by atoms with Gasteiger partial charge in [0.05, 0.1) is 5.92 Å². The monoisotopic (exact) mass is 238 g/mol. The summed E-state index contributed by atoms with van der Waals surface area (Å²) >= 11 is 0. The van der Waals surface area contributed by atoms with Crippen molar-refractivity contribution in [1.29, 1.82) is 0 Å². The van der Waals surface area contributed by atoms with Crippen molar-refractivity contribution in [3.05, 3.63) is 0 Å². The Morgan fingerprint density at radius 2 is 1.69 bits per heavy atom. The van der Waals surface area contributed by atoms with E-state index in [0.717, 1.165) is 19.6 Å². The smallest absolute Gasteiger partial charge is 0.318 e. The molecule has 0 heterocycles. The molecule has 0 spiro atoms. The molecule has 0 aliphatic heterocycles. The molecule has 0 aromatic rings. The Bertz CT molecular complexity index is 186. The van der Waals surface area contributed by atoms with Gasteiger partial charge in [0.15, 0.2) is 0 Å². The van der Waals surface area contributed by atoms with E-state index in [0.29, 0.717) is 31.6 Å². The quantitative estimate of drug-likeness (QED) is 0.717. The first-order chi connectivity index (χ1) is 7.54. The van der Waals surface area contributed by atoms with Crippen molar-refractivity contribution in [3.8, 4) is 0 Å². The molecule has 0 atom stereocenters. The Morgan fingerprint density at radius 1 is 1.06 bits per heavy atom. The van der Waals surface area contributed by atoms with Gasteiger partial charge in [-0.05, 0) is 45.2 Å². The Morgan fingerprint density at radius 3 is 2.19 bits per heavy atom. The number of alkyl halides is 3. The van der Waals surface area contributed by atoms with Crippen LogP contribution >= 0.6 is 0 Å². The van der Waals surface area contributed by atoms with Crippen LogP contribution in [0.1, 0.15) is 25.7 Å². The first kappa shape index (κ1) is 13.8. The molecule has 5 heteroatoms. The molecule has 0 unspecified atom stereocenters. The van der Waals surface area contributed by atoms with Crippen LogP contribution < -0.4 is 10.6 Å². The third-order valence-electron chi connectivity index (χ3n) is 3.29. The zero-order chi connectivity index (χ0) is 12.0. The average Bonchev–Trinajstić information content (AvgIpc) is 2.24. The third-order valence-corrected chi connectivity index (χ3v) is 3.29. The normalized spacial score (nSPS) is 27.0. The summed E-state index contributed by atoms with van der Waals surface area (Å²) in [5.41, 5.74) is 0. The minimum atomic E-state index is -3.98. The molecule has 0 aromatic heterocycles. The Kier molecular flexibility index (Phi) is 5.55. The summed E-state index contributed by atoms with van der Waals surface area (Å²) in [5, 5.41) is 6.29. The summed E-state index contributed by atoms with van der Waals surface area (Å²) in [4.78, 5) is 0. The fraction of sp³-hybridized carbons (Fsp3) is 1.00. The van der Waals surface area contributed by atoms with E-state index < -0.39 is 12.1 Å². The fourth-order valence-corrected chi connectivity index (χ4v) is 2.21. The van der Waals surface area contributed by atoms with Gasteiger partial charge in [0, 0.05) is 13.1 Å². The maximum absolute atomic E-state index is 12.4. The summed E-state index contributed by atoms with van der Waals surface area (Å²) in [5.74, 6) is -0.628. The van der Waals surface area contributed by atoms with Gasteiger partial charge in [0.25, 0.3) is 0 Å². The average molecular weight is 238 g/mol. The lowest BCUT2D eigenvalue weighted by atomic mass is 9.81. The molecule has 0 aromatic carbocycles. The lowest BCUT2D eigenvalue weighted by Gasteiger charge is -2.29. The molecule has 0 radical (unpaired) electrons. The highest BCUT2D eigenvalue weighted by Crippen LogP contribution is 2.39. The van der Waals surface area contributed by atoms with Crippen molar-refractivity contribution >= 4 is 0 Å². The van der Waals surface area contributed by atoms with E-state index >= 15 is 0 Å². The molecule has 2 nitrogen and oxygen atoms in total. The number of halogens is 3. The Hall–Kier alpha value is -0.290. The minimum absolute atomic E-state index is 0.307.